The molecule has 0 bridgehead atoms. The van der Waals surface area contributed by atoms with Gasteiger partial charge in [0, 0.05) is 24.3 Å². The van der Waals surface area contributed by atoms with E-state index in [0.717, 1.165) is 11.3 Å². The van der Waals surface area contributed by atoms with Crippen LogP contribution in [-0.2, 0) is 11.4 Å². The normalized spacial score (nSPS) is 19.4. The van der Waals surface area contributed by atoms with Crippen molar-refractivity contribution in [2.45, 2.75) is 20.5 Å². The number of hydrogen-bond donors (Lipinski definition) is 1. The summed E-state index contributed by atoms with van der Waals surface area (Å²) < 4.78 is 5.71. The first-order valence-corrected chi connectivity index (χ1v) is 8.60. The smallest absolute Gasteiger partial charge is 0.308 e. The third kappa shape index (κ3) is 4.02. The lowest BCUT2D eigenvalue weighted by atomic mass is 9.99. The highest BCUT2D eigenvalue weighted by Gasteiger charge is 2.37. The number of pyridine rings is 1. The van der Waals surface area contributed by atoms with E-state index < -0.39 is 11.9 Å². The fraction of sp³-hybridized carbons (Fsp3) is 0.350. The van der Waals surface area contributed by atoms with Crippen molar-refractivity contribution in [1.82, 2.24) is 9.88 Å². The van der Waals surface area contributed by atoms with Crippen LogP contribution in [0.25, 0.3) is 0 Å². The van der Waals surface area contributed by atoms with Gasteiger partial charge in [0.25, 0.3) is 5.91 Å². The van der Waals surface area contributed by atoms with Crippen molar-refractivity contribution >= 4 is 11.9 Å². The number of hydrogen-bond acceptors (Lipinski definition) is 4. The number of nitrogens with zero attached hydrogens (tertiary/aromatic N) is 2. The molecular weight excluding hydrogens is 332 g/mol. The fourth-order valence-corrected chi connectivity index (χ4v) is 3.14. The van der Waals surface area contributed by atoms with Crippen LogP contribution < -0.4 is 4.74 Å². The van der Waals surface area contributed by atoms with Crippen LogP contribution in [0.1, 0.15) is 28.5 Å². The van der Waals surface area contributed by atoms with E-state index >= 15 is 0 Å². The molecule has 0 radical (unpaired) electrons. The molecular formula is C20H22N2O4. The van der Waals surface area contributed by atoms with E-state index in [2.05, 4.69) is 4.98 Å². The van der Waals surface area contributed by atoms with Gasteiger partial charge < -0.3 is 14.7 Å². The summed E-state index contributed by atoms with van der Waals surface area (Å²) in [5.41, 5.74) is 2.34. The van der Waals surface area contributed by atoms with Crippen LogP contribution in [0.15, 0.2) is 42.6 Å². The number of likely N-dealkylation sites (tertiary alicyclic amines) is 1. The van der Waals surface area contributed by atoms with E-state index in [9.17, 15) is 14.7 Å². The maximum absolute atomic E-state index is 12.7. The summed E-state index contributed by atoms with van der Waals surface area (Å²) in [7, 11) is 0. The fourth-order valence-electron chi connectivity index (χ4n) is 3.14. The Labute approximate surface area is 152 Å². The number of aromatic nitrogens is 1. The number of aliphatic carboxylic acids is 1. The van der Waals surface area contributed by atoms with Gasteiger partial charge in [0.1, 0.15) is 12.4 Å². The molecule has 1 saturated heterocycles. The predicted octanol–water partition coefficient (Wildman–Crippen LogP) is 2.76. The van der Waals surface area contributed by atoms with Gasteiger partial charge in [-0.1, -0.05) is 19.1 Å². The second kappa shape index (κ2) is 7.56. The Hall–Kier alpha value is -2.89. The average Bonchev–Trinajstić information content (AvgIpc) is 3.03. The van der Waals surface area contributed by atoms with Crippen molar-refractivity contribution in [2.24, 2.45) is 11.8 Å². The Kier molecular flexibility index (Phi) is 5.21. The van der Waals surface area contributed by atoms with Crippen LogP contribution in [-0.4, -0.2) is 40.0 Å². The molecule has 1 amide bonds. The zero-order chi connectivity index (χ0) is 18.7. The van der Waals surface area contributed by atoms with Crippen molar-refractivity contribution < 1.29 is 19.4 Å². The maximum Gasteiger partial charge on any atom is 0.308 e. The van der Waals surface area contributed by atoms with Crippen LogP contribution >= 0.6 is 0 Å². The van der Waals surface area contributed by atoms with E-state index in [1.807, 2.05) is 38.1 Å². The number of carbonyl (C=O) groups is 2. The largest absolute Gasteiger partial charge is 0.487 e. The van der Waals surface area contributed by atoms with Gasteiger partial charge >= 0.3 is 5.97 Å². The minimum atomic E-state index is -0.846. The average molecular weight is 354 g/mol. The molecule has 2 aromatic rings. The molecule has 26 heavy (non-hydrogen) atoms. The molecule has 2 heterocycles. The molecule has 0 unspecified atom stereocenters. The Morgan fingerprint density at radius 1 is 1.27 bits per heavy atom. The van der Waals surface area contributed by atoms with Crippen LogP contribution in [0.3, 0.4) is 0 Å². The quantitative estimate of drug-likeness (QED) is 0.893. The molecule has 1 fully saturated rings. The zero-order valence-corrected chi connectivity index (χ0v) is 14.9. The highest BCUT2D eigenvalue weighted by atomic mass is 16.5. The Morgan fingerprint density at radius 3 is 2.73 bits per heavy atom. The number of aryl methyl sites for hydroxylation is 1. The number of carboxylic acid groups (broad SMARTS) is 1. The summed E-state index contributed by atoms with van der Waals surface area (Å²) in [6, 6.07) is 11.0. The van der Waals surface area contributed by atoms with E-state index in [-0.39, 0.29) is 18.4 Å². The summed E-state index contributed by atoms with van der Waals surface area (Å²) in [6.07, 6.45) is 1.67. The minimum Gasteiger partial charge on any atom is -0.487 e. The van der Waals surface area contributed by atoms with Crippen molar-refractivity contribution in [3.63, 3.8) is 0 Å². The van der Waals surface area contributed by atoms with Crippen molar-refractivity contribution in [3.8, 4) is 5.75 Å². The standard InChI is InChI=1S/C20H22N2O4/c1-13-10-22(11-18(13)20(24)25)19(23)16-5-3-4-15(8-16)12-26-17-7-6-14(2)21-9-17/h3-9,13,18H,10-12H2,1-2H3,(H,24,25)/t13-,18-/m1/s1. The number of carboxylic acids is 1. The molecule has 136 valence electrons. The molecule has 6 nitrogen and oxygen atoms in total. The lowest BCUT2D eigenvalue weighted by Gasteiger charge is -2.16. The first-order valence-electron chi connectivity index (χ1n) is 8.60. The molecule has 1 aromatic heterocycles. The topological polar surface area (TPSA) is 79.7 Å². The number of ether oxygens (including phenoxy) is 1. The molecule has 1 aliphatic rings. The summed E-state index contributed by atoms with van der Waals surface area (Å²) in [4.78, 5) is 29.8. The van der Waals surface area contributed by atoms with E-state index in [0.29, 0.717) is 24.5 Å². The van der Waals surface area contributed by atoms with E-state index in [4.69, 9.17) is 4.74 Å². The summed E-state index contributed by atoms with van der Waals surface area (Å²) >= 11 is 0. The summed E-state index contributed by atoms with van der Waals surface area (Å²) in [5.74, 6) is -0.859. The maximum atomic E-state index is 12.7. The van der Waals surface area contributed by atoms with Gasteiger partial charge in [-0.3, -0.25) is 14.6 Å². The SMILES string of the molecule is Cc1ccc(OCc2cccc(C(=O)N3C[C@@H](C)[C@H](C(=O)O)C3)c2)cn1. The zero-order valence-electron chi connectivity index (χ0n) is 14.9. The monoisotopic (exact) mass is 354 g/mol. The molecule has 6 heteroatoms. The van der Waals surface area contributed by atoms with Gasteiger partial charge in [0.05, 0.1) is 12.1 Å². The Morgan fingerprint density at radius 2 is 2.08 bits per heavy atom. The molecule has 3 rings (SSSR count). The highest BCUT2D eigenvalue weighted by molar-refractivity contribution is 5.95. The number of amides is 1. The Bertz CT molecular complexity index is 804. The minimum absolute atomic E-state index is 0.0444. The van der Waals surface area contributed by atoms with Crippen LogP contribution in [0.4, 0.5) is 0 Å². The van der Waals surface area contributed by atoms with Crippen LogP contribution in [0, 0.1) is 18.8 Å². The lowest BCUT2D eigenvalue weighted by molar-refractivity contribution is -0.142. The molecule has 1 aliphatic heterocycles. The molecule has 0 saturated carbocycles. The number of rotatable bonds is 5. The highest BCUT2D eigenvalue weighted by Crippen LogP contribution is 2.25. The van der Waals surface area contributed by atoms with E-state index in [1.165, 1.54) is 0 Å². The molecule has 2 atom stereocenters. The number of benzene rings is 1. The van der Waals surface area contributed by atoms with E-state index in [1.54, 1.807) is 23.2 Å². The Balaban J connectivity index is 1.66. The van der Waals surface area contributed by atoms with Crippen molar-refractivity contribution in [2.75, 3.05) is 13.1 Å². The first kappa shape index (κ1) is 17.9. The van der Waals surface area contributed by atoms with Gasteiger partial charge in [0.15, 0.2) is 0 Å². The van der Waals surface area contributed by atoms with Crippen LogP contribution in [0.2, 0.25) is 0 Å². The van der Waals surface area contributed by atoms with Crippen LogP contribution in [0.5, 0.6) is 5.75 Å². The van der Waals surface area contributed by atoms with Gasteiger partial charge in [-0.05, 0) is 42.7 Å². The number of carbonyl (C=O) groups excluding carboxylic acids is 1. The predicted molar refractivity (Wildman–Crippen MR) is 95.9 cm³/mol. The molecule has 0 aliphatic carbocycles. The van der Waals surface area contributed by atoms with Crippen molar-refractivity contribution in [3.05, 3.63) is 59.4 Å². The molecule has 1 N–H and O–H groups in total. The second-order valence-corrected chi connectivity index (χ2v) is 6.76. The van der Waals surface area contributed by atoms with Gasteiger partial charge in [-0.15, -0.1) is 0 Å². The van der Waals surface area contributed by atoms with Gasteiger partial charge in [-0.25, -0.2) is 0 Å². The molecule has 0 spiro atoms. The van der Waals surface area contributed by atoms with Crippen molar-refractivity contribution in [1.29, 1.82) is 0 Å². The molecule has 1 aromatic carbocycles. The third-order valence-corrected chi connectivity index (χ3v) is 4.68. The summed E-state index contributed by atoms with van der Waals surface area (Å²) in [6.45, 7) is 4.83. The lowest BCUT2D eigenvalue weighted by Crippen LogP contribution is -2.30. The second-order valence-electron chi connectivity index (χ2n) is 6.76. The summed E-state index contributed by atoms with van der Waals surface area (Å²) in [5, 5.41) is 9.23. The third-order valence-electron chi connectivity index (χ3n) is 4.68. The first-order chi connectivity index (χ1) is 12.4. The van der Waals surface area contributed by atoms with Gasteiger partial charge in [0.2, 0.25) is 0 Å². The van der Waals surface area contributed by atoms with Gasteiger partial charge in [-0.2, -0.15) is 0 Å².